The smallest absolute Gasteiger partial charge is 0.231 e. The predicted octanol–water partition coefficient (Wildman–Crippen LogP) is 3.26. The van der Waals surface area contributed by atoms with Gasteiger partial charge in [-0.05, 0) is 36.8 Å². The highest BCUT2D eigenvalue weighted by Crippen LogP contribution is 2.22. The molecule has 0 aliphatic heterocycles. The van der Waals surface area contributed by atoms with Gasteiger partial charge in [0.1, 0.15) is 5.82 Å². The van der Waals surface area contributed by atoms with Crippen LogP contribution >= 0.6 is 11.8 Å². The second kappa shape index (κ2) is 9.44. The summed E-state index contributed by atoms with van der Waals surface area (Å²) in [6.07, 6.45) is 1.82. The number of benzene rings is 2. The van der Waals surface area contributed by atoms with Gasteiger partial charge in [0.2, 0.25) is 10.0 Å². The summed E-state index contributed by atoms with van der Waals surface area (Å²) in [5.74, 6) is 1.04. The van der Waals surface area contributed by atoms with Gasteiger partial charge in [-0.25, -0.2) is 8.42 Å². The topological polar surface area (TPSA) is 85.2 Å². The Balaban J connectivity index is 1.66. The molecule has 0 N–H and O–H groups in total. The fraction of sp³-hybridized carbons (Fsp3) is 0.286. The number of aromatic nitrogens is 3. The number of carbonyl (C=O) groups excluding carboxylic acids is 1. The normalized spacial score (nSPS) is 11.4. The predicted molar refractivity (Wildman–Crippen MR) is 120 cm³/mol. The summed E-state index contributed by atoms with van der Waals surface area (Å²) < 4.78 is 26.5. The van der Waals surface area contributed by atoms with E-state index in [1.807, 2.05) is 29.7 Å². The maximum Gasteiger partial charge on any atom is 0.231 e. The van der Waals surface area contributed by atoms with Crippen molar-refractivity contribution in [3.05, 3.63) is 71.5 Å². The van der Waals surface area contributed by atoms with Gasteiger partial charge in [-0.15, -0.1) is 10.2 Å². The van der Waals surface area contributed by atoms with Gasteiger partial charge < -0.3 is 4.57 Å². The van der Waals surface area contributed by atoms with Crippen molar-refractivity contribution in [3.63, 3.8) is 0 Å². The zero-order chi connectivity index (χ0) is 21.7. The largest absolute Gasteiger partial charge is 0.306 e. The molecule has 0 spiro atoms. The second-order valence-electron chi connectivity index (χ2n) is 6.79. The third-order valence-electron chi connectivity index (χ3n) is 4.70. The molecule has 9 heteroatoms. The van der Waals surface area contributed by atoms with Gasteiger partial charge >= 0.3 is 0 Å². The van der Waals surface area contributed by atoms with Gasteiger partial charge in [0.05, 0.1) is 17.7 Å². The van der Waals surface area contributed by atoms with E-state index >= 15 is 0 Å². The van der Waals surface area contributed by atoms with Crippen LogP contribution in [0, 0.1) is 0 Å². The van der Waals surface area contributed by atoms with E-state index < -0.39 is 10.0 Å². The van der Waals surface area contributed by atoms with Crippen LogP contribution in [0.5, 0.6) is 0 Å². The van der Waals surface area contributed by atoms with Crippen molar-refractivity contribution in [2.45, 2.75) is 25.0 Å². The van der Waals surface area contributed by atoms with Crippen molar-refractivity contribution < 1.29 is 13.2 Å². The first-order valence-electron chi connectivity index (χ1n) is 9.45. The Hall–Kier alpha value is -2.65. The fourth-order valence-electron chi connectivity index (χ4n) is 2.91. The number of Topliss-reactive ketones (excluding diaryl/α,β-unsaturated/α-hetero) is 1. The summed E-state index contributed by atoms with van der Waals surface area (Å²) in [7, 11) is -1.86. The summed E-state index contributed by atoms with van der Waals surface area (Å²) in [5, 5.41) is 9.28. The summed E-state index contributed by atoms with van der Waals surface area (Å²) >= 11 is 1.35. The van der Waals surface area contributed by atoms with Crippen LogP contribution in [0.3, 0.4) is 0 Å². The number of anilines is 1. The number of thioether (sulfide) groups is 1. The molecular weight excluding hydrogens is 420 g/mol. The molecule has 2 aromatic carbocycles. The van der Waals surface area contributed by atoms with Crippen molar-refractivity contribution >= 4 is 33.3 Å². The Morgan fingerprint density at radius 1 is 1.07 bits per heavy atom. The minimum absolute atomic E-state index is 0.0520. The SMILES string of the molecule is CCn1c(Cc2ccccc2)nnc1SCC(=O)c1ccc(N(C)S(C)(=O)=O)cc1. The standard InChI is InChI=1S/C21H24N4O3S2/c1-4-25-20(14-16-8-6-5-7-9-16)22-23-21(25)29-15-19(26)17-10-12-18(13-11-17)24(2)30(3,27)28/h5-13H,4,14-15H2,1-3H3. The second-order valence-corrected chi connectivity index (χ2v) is 9.75. The highest BCUT2D eigenvalue weighted by molar-refractivity contribution is 7.99. The van der Waals surface area contributed by atoms with Crippen molar-refractivity contribution in [3.8, 4) is 0 Å². The maximum absolute atomic E-state index is 12.6. The molecule has 0 fully saturated rings. The Bertz CT molecular complexity index is 1110. The van der Waals surface area contributed by atoms with Crippen LogP contribution in [-0.2, 0) is 23.0 Å². The zero-order valence-corrected chi connectivity index (χ0v) is 18.8. The highest BCUT2D eigenvalue weighted by atomic mass is 32.2. The molecule has 0 radical (unpaired) electrons. The number of ketones is 1. The van der Waals surface area contributed by atoms with E-state index in [2.05, 4.69) is 22.3 Å². The molecule has 0 unspecified atom stereocenters. The molecule has 0 saturated carbocycles. The van der Waals surface area contributed by atoms with Crippen LogP contribution in [-0.4, -0.2) is 48.0 Å². The minimum Gasteiger partial charge on any atom is -0.306 e. The average Bonchev–Trinajstić information content (AvgIpc) is 3.13. The van der Waals surface area contributed by atoms with Crippen LogP contribution in [0.2, 0.25) is 0 Å². The van der Waals surface area contributed by atoms with Crippen LogP contribution < -0.4 is 4.31 Å². The van der Waals surface area contributed by atoms with Gasteiger partial charge in [-0.3, -0.25) is 9.10 Å². The number of hydrogen-bond donors (Lipinski definition) is 0. The Kier molecular flexibility index (Phi) is 6.94. The lowest BCUT2D eigenvalue weighted by atomic mass is 10.1. The number of hydrogen-bond acceptors (Lipinski definition) is 6. The third-order valence-corrected chi connectivity index (χ3v) is 6.87. The van der Waals surface area contributed by atoms with E-state index in [0.29, 0.717) is 22.8 Å². The van der Waals surface area contributed by atoms with E-state index in [9.17, 15) is 13.2 Å². The van der Waals surface area contributed by atoms with Crippen LogP contribution in [0.15, 0.2) is 59.8 Å². The summed E-state index contributed by atoms with van der Waals surface area (Å²) in [6, 6.07) is 16.6. The van der Waals surface area contributed by atoms with Crippen molar-refractivity contribution in [1.82, 2.24) is 14.8 Å². The molecular formula is C21H24N4O3S2. The van der Waals surface area contributed by atoms with Gasteiger partial charge in [0.15, 0.2) is 10.9 Å². The van der Waals surface area contributed by atoms with E-state index in [4.69, 9.17) is 0 Å². The van der Waals surface area contributed by atoms with Gasteiger partial charge in [0, 0.05) is 25.6 Å². The summed E-state index contributed by atoms with van der Waals surface area (Å²) in [5.41, 5.74) is 2.20. The first kappa shape index (κ1) is 22.0. The highest BCUT2D eigenvalue weighted by Gasteiger charge is 2.16. The molecule has 0 atom stereocenters. The van der Waals surface area contributed by atoms with E-state index in [1.54, 1.807) is 24.3 Å². The number of sulfonamides is 1. The summed E-state index contributed by atoms with van der Waals surface area (Å²) in [6.45, 7) is 2.75. The molecule has 30 heavy (non-hydrogen) atoms. The van der Waals surface area contributed by atoms with E-state index in [1.165, 1.54) is 23.1 Å². The molecule has 158 valence electrons. The van der Waals surface area contributed by atoms with Crippen LogP contribution in [0.25, 0.3) is 0 Å². The third kappa shape index (κ3) is 5.28. The molecule has 3 rings (SSSR count). The zero-order valence-electron chi connectivity index (χ0n) is 17.1. The molecule has 1 aromatic heterocycles. The van der Waals surface area contributed by atoms with Gasteiger partial charge in [-0.2, -0.15) is 0 Å². The summed E-state index contributed by atoms with van der Waals surface area (Å²) in [4.78, 5) is 12.6. The maximum atomic E-state index is 12.6. The quantitative estimate of drug-likeness (QED) is 0.372. The Morgan fingerprint density at radius 2 is 1.73 bits per heavy atom. The van der Waals surface area contributed by atoms with Crippen LogP contribution in [0.1, 0.15) is 28.7 Å². The molecule has 1 heterocycles. The monoisotopic (exact) mass is 444 g/mol. The number of nitrogens with zero attached hydrogens (tertiary/aromatic N) is 4. The van der Waals surface area contributed by atoms with Crippen molar-refractivity contribution in [2.75, 3.05) is 23.4 Å². The Morgan fingerprint density at radius 3 is 2.33 bits per heavy atom. The van der Waals surface area contributed by atoms with Crippen molar-refractivity contribution in [2.24, 2.45) is 0 Å². The molecule has 7 nitrogen and oxygen atoms in total. The molecule has 0 bridgehead atoms. The molecule has 0 saturated heterocycles. The van der Waals surface area contributed by atoms with Gasteiger partial charge in [0.25, 0.3) is 0 Å². The lowest BCUT2D eigenvalue weighted by molar-refractivity contribution is 0.102. The van der Waals surface area contributed by atoms with Gasteiger partial charge in [-0.1, -0.05) is 42.1 Å². The van der Waals surface area contributed by atoms with E-state index in [-0.39, 0.29) is 11.5 Å². The fourth-order valence-corrected chi connectivity index (χ4v) is 4.34. The first-order chi connectivity index (χ1) is 14.3. The minimum atomic E-state index is -3.34. The molecule has 0 amide bonds. The van der Waals surface area contributed by atoms with Crippen LogP contribution in [0.4, 0.5) is 5.69 Å². The first-order valence-corrected chi connectivity index (χ1v) is 12.3. The number of carbonyl (C=O) groups is 1. The average molecular weight is 445 g/mol. The van der Waals surface area contributed by atoms with E-state index in [0.717, 1.165) is 24.2 Å². The van der Waals surface area contributed by atoms with Crippen molar-refractivity contribution in [1.29, 1.82) is 0 Å². The number of rotatable bonds is 9. The molecule has 3 aromatic rings. The molecule has 0 aliphatic rings. The molecule has 0 aliphatic carbocycles. The lowest BCUT2D eigenvalue weighted by Crippen LogP contribution is -2.24. The lowest BCUT2D eigenvalue weighted by Gasteiger charge is -2.16. The Labute approximate surface area is 181 Å².